The van der Waals surface area contributed by atoms with E-state index in [1.807, 2.05) is 12.1 Å². The number of aliphatic hydroxyl groups is 1. The minimum atomic E-state index is -3.37. The highest BCUT2D eigenvalue weighted by molar-refractivity contribution is 6.34. The first-order valence-electron chi connectivity index (χ1n) is 13.3. The topological polar surface area (TPSA) is 60.9 Å². The lowest BCUT2D eigenvalue weighted by Gasteiger charge is -2.42. The van der Waals surface area contributed by atoms with Crippen molar-refractivity contribution in [3.63, 3.8) is 0 Å². The molecule has 8 heteroatoms. The summed E-state index contributed by atoms with van der Waals surface area (Å²) in [6.07, 6.45) is 5.07. The maximum Gasteiger partial charge on any atom is 0.286 e. The highest BCUT2D eigenvalue weighted by Gasteiger charge is 2.69. The van der Waals surface area contributed by atoms with Crippen LogP contribution in [0.2, 0.25) is 5.02 Å². The molecule has 200 valence electrons. The quantitative estimate of drug-likeness (QED) is 0.538. The van der Waals surface area contributed by atoms with Gasteiger partial charge in [0.25, 0.3) is 11.8 Å². The number of anilines is 1. The minimum Gasteiger partial charge on any atom is -0.376 e. The Morgan fingerprint density at radius 2 is 1.61 bits per heavy atom. The number of benzene rings is 1. The van der Waals surface area contributed by atoms with Crippen LogP contribution >= 0.6 is 11.6 Å². The Bertz CT molecular complexity index is 985. The lowest BCUT2D eigenvalue weighted by Crippen LogP contribution is -2.55. The van der Waals surface area contributed by atoms with Gasteiger partial charge in [-0.3, -0.25) is 9.59 Å². The summed E-state index contributed by atoms with van der Waals surface area (Å²) in [4.78, 5) is 28.5. The summed E-state index contributed by atoms with van der Waals surface area (Å²) in [5.41, 5.74) is -1.01. The van der Waals surface area contributed by atoms with E-state index < -0.39 is 29.1 Å². The third kappa shape index (κ3) is 4.66. The van der Waals surface area contributed by atoms with Crippen molar-refractivity contribution in [1.82, 2.24) is 4.90 Å². The van der Waals surface area contributed by atoms with Crippen LogP contribution in [0.3, 0.4) is 0 Å². The lowest BCUT2D eigenvalue weighted by molar-refractivity contribution is -0.207. The third-order valence-corrected chi connectivity index (χ3v) is 9.50. The largest absolute Gasteiger partial charge is 0.376 e. The average Bonchev–Trinajstić information content (AvgIpc) is 3.04. The molecule has 1 saturated heterocycles. The number of alkyl halides is 2. The van der Waals surface area contributed by atoms with E-state index in [1.54, 1.807) is 20.2 Å². The van der Waals surface area contributed by atoms with Crippen molar-refractivity contribution < 1.29 is 23.5 Å². The second kappa shape index (κ2) is 10.2. The van der Waals surface area contributed by atoms with E-state index >= 15 is 8.78 Å². The van der Waals surface area contributed by atoms with Crippen molar-refractivity contribution in [2.45, 2.75) is 70.3 Å². The van der Waals surface area contributed by atoms with Gasteiger partial charge in [0, 0.05) is 45.2 Å². The molecule has 0 spiro atoms. The molecule has 4 rings (SSSR count). The number of ketones is 1. The molecule has 2 atom stereocenters. The fourth-order valence-electron chi connectivity index (χ4n) is 6.88. The number of amides is 1. The maximum absolute atomic E-state index is 15.2. The van der Waals surface area contributed by atoms with E-state index in [9.17, 15) is 14.7 Å². The zero-order valence-electron chi connectivity index (χ0n) is 21.8. The van der Waals surface area contributed by atoms with Crippen molar-refractivity contribution in [3.8, 4) is 0 Å². The number of rotatable bonds is 5. The van der Waals surface area contributed by atoms with Crippen LogP contribution in [-0.2, 0) is 4.79 Å². The fourth-order valence-corrected chi connectivity index (χ4v) is 7.14. The van der Waals surface area contributed by atoms with Gasteiger partial charge >= 0.3 is 0 Å². The number of carbonyl (C=O) groups is 2. The number of nitrogens with zero attached hydrogens (tertiary/aromatic N) is 2. The smallest absolute Gasteiger partial charge is 0.286 e. The summed E-state index contributed by atoms with van der Waals surface area (Å²) < 4.78 is 30.5. The predicted molar refractivity (Wildman–Crippen MR) is 138 cm³/mol. The first-order valence-corrected chi connectivity index (χ1v) is 13.6. The van der Waals surface area contributed by atoms with Crippen molar-refractivity contribution in [2.75, 3.05) is 32.1 Å². The van der Waals surface area contributed by atoms with Gasteiger partial charge in [0.1, 0.15) is 0 Å². The molecule has 3 aliphatic rings. The monoisotopic (exact) mass is 524 g/mol. The molecule has 36 heavy (non-hydrogen) atoms. The Labute approximate surface area is 218 Å². The number of carbonyl (C=O) groups excluding carboxylic acids is 2. The zero-order chi connectivity index (χ0) is 26.4. The molecule has 1 N–H and O–H groups in total. The second-order valence-corrected chi connectivity index (χ2v) is 12.0. The molecule has 2 aliphatic carbocycles. The van der Waals surface area contributed by atoms with Gasteiger partial charge in [-0.25, -0.2) is 8.78 Å². The van der Waals surface area contributed by atoms with Gasteiger partial charge < -0.3 is 14.9 Å². The molecule has 2 saturated carbocycles. The minimum absolute atomic E-state index is 0.116. The van der Waals surface area contributed by atoms with E-state index in [1.165, 1.54) is 18.7 Å². The maximum atomic E-state index is 15.2. The van der Waals surface area contributed by atoms with Gasteiger partial charge in [-0.1, -0.05) is 25.4 Å². The Kier molecular flexibility index (Phi) is 7.74. The van der Waals surface area contributed by atoms with Crippen LogP contribution in [0.4, 0.5) is 14.5 Å². The molecule has 0 radical (unpaired) electrons. The third-order valence-electron chi connectivity index (χ3n) is 9.19. The van der Waals surface area contributed by atoms with Crippen molar-refractivity contribution in [1.29, 1.82) is 0 Å². The van der Waals surface area contributed by atoms with Crippen molar-refractivity contribution in [3.05, 3.63) is 28.8 Å². The van der Waals surface area contributed by atoms with E-state index in [0.717, 1.165) is 44.5 Å². The zero-order valence-corrected chi connectivity index (χ0v) is 22.5. The van der Waals surface area contributed by atoms with Crippen LogP contribution in [0.25, 0.3) is 0 Å². The van der Waals surface area contributed by atoms with Crippen LogP contribution in [0.5, 0.6) is 0 Å². The highest BCUT2D eigenvalue weighted by Crippen LogP contribution is 2.55. The molecule has 0 bridgehead atoms. The first-order chi connectivity index (χ1) is 16.9. The Morgan fingerprint density at radius 1 is 1.06 bits per heavy atom. The molecule has 1 heterocycles. The molecule has 1 amide bonds. The SMILES string of the molecule is CC(C)[C@@]1(O)C(=O)CC(C2CCC(C3CCN(c4ccc(C(=O)N(C)C)c(Cl)c4)CC3)CC2)C1(F)F. The van der Waals surface area contributed by atoms with Crippen molar-refractivity contribution in [2.24, 2.45) is 29.6 Å². The standard InChI is InChI=1S/C28H39ClF2N2O3/c1-17(2)27(36)25(34)16-23(28(27,30)31)20-7-5-18(6-8-20)19-11-13-33(14-12-19)21-9-10-22(24(29)15-21)26(35)32(3)4/h9-10,15,17-20,23,36H,5-8,11-14,16H2,1-4H3/t18?,20?,23?,27-/m1/s1. The average molecular weight is 525 g/mol. The molecular formula is C28H39ClF2N2O3. The van der Waals surface area contributed by atoms with Gasteiger partial charge in [-0.2, -0.15) is 0 Å². The summed E-state index contributed by atoms with van der Waals surface area (Å²) in [6, 6.07) is 5.61. The molecular weight excluding hydrogens is 486 g/mol. The van der Waals surface area contributed by atoms with Gasteiger partial charge in [-0.15, -0.1) is 0 Å². The van der Waals surface area contributed by atoms with Crippen LogP contribution in [-0.4, -0.2) is 60.4 Å². The summed E-state index contributed by atoms with van der Waals surface area (Å²) in [7, 11) is 3.41. The molecule has 1 aliphatic heterocycles. The van der Waals surface area contributed by atoms with Gasteiger partial charge in [0.2, 0.25) is 0 Å². The van der Waals surface area contributed by atoms with Gasteiger partial charge in [-0.05, 0) is 80.4 Å². The highest BCUT2D eigenvalue weighted by atomic mass is 35.5. The molecule has 5 nitrogen and oxygen atoms in total. The lowest BCUT2D eigenvalue weighted by atomic mass is 9.68. The second-order valence-electron chi connectivity index (χ2n) is 11.6. The number of hydrogen-bond acceptors (Lipinski definition) is 4. The number of hydrogen-bond donors (Lipinski definition) is 1. The van der Waals surface area contributed by atoms with Crippen LogP contribution in [0.15, 0.2) is 18.2 Å². The van der Waals surface area contributed by atoms with Crippen LogP contribution in [0.1, 0.15) is 69.2 Å². The van der Waals surface area contributed by atoms with Gasteiger partial charge in [0.15, 0.2) is 11.4 Å². The Hall–Kier alpha value is -1.73. The molecule has 1 aromatic carbocycles. The Balaban J connectivity index is 1.31. The van der Waals surface area contributed by atoms with Crippen LogP contribution in [0, 0.1) is 29.6 Å². The number of piperidine rings is 1. The summed E-state index contributed by atoms with van der Waals surface area (Å²) in [5, 5.41) is 11.0. The van der Waals surface area contributed by atoms with Crippen molar-refractivity contribution >= 4 is 29.0 Å². The predicted octanol–water partition coefficient (Wildman–Crippen LogP) is 5.68. The molecule has 3 fully saturated rings. The molecule has 1 aromatic rings. The van der Waals surface area contributed by atoms with E-state index in [4.69, 9.17) is 11.6 Å². The summed E-state index contributed by atoms with van der Waals surface area (Å²) in [5.74, 6) is -5.16. The number of halogens is 3. The van der Waals surface area contributed by atoms with E-state index in [-0.39, 0.29) is 18.2 Å². The van der Waals surface area contributed by atoms with Crippen LogP contribution < -0.4 is 4.90 Å². The first kappa shape index (κ1) is 27.3. The fraction of sp³-hybridized carbons (Fsp3) is 0.714. The molecule has 0 aromatic heterocycles. The van der Waals surface area contributed by atoms with Gasteiger partial charge in [0.05, 0.1) is 10.6 Å². The Morgan fingerprint density at radius 3 is 2.11 bits per heavy atom. The normalized spacial score (nSPS) is 31.2. The number of Topliss-reactive ketones (excluding diaryl/α,β-unsaturated/α-hetero) is 1. The van der Waals surface area contributed by atoms with E-state index in [2.05, 4.69) is 4.90 Å². The summed E-state index contributed by atoms with van der Waals surface area (Å²) in [6.45, 7) is 4.81. The molecule has 1 unspecified atom stereocenters. The van der Waals surface area contributed by atoms with E-state index in [0.29, 0.717) is 35.3 Å². The summed E-state index contributed by atoms with van der Waals surface area (Å²) >= 11 is 6.41.